The van der Waals surface area contributed by atoms with E-state index in [2.05, 4.69) is 31.0 Å². The van der Waals surface area contributed by atoms with Gasteiger partial charge in [-0.15, -0.1) is 11.3 Å². The van der Waals surface area contributed by atoms with Crippen LogP contribution in [0.3, 0.4) is 0 Å². The number of carbonyl (C=O) groups excluding carboxylic acids is 2. The second kappa shape index (κ2) is 8.62. The topological polar surface area (TPSA) is 52.7 Å². The quantitative estimate of drug-likeness (QED) is 0.855. The van der Waals surface area contributed by atoms with E-state index in [1.165, 1.54) is 10.4 Å². The highest BCUT2D eigenvalue weighted by atomic mass is 32.1. The summed E-state index contributed by atoms with van der Waals surface area (Å²) in [7, 11) is 0. The number of hydrogen-bond donors (Lipinski definition) is 1. The molecule has 0 bridgehead atoms. The standard InChI is InChI=1S/C18H29N3O2S/c1-5-13(3)19-17(22)12-20-7-9-21(10-8-20)18(23)16-11-15(6-2)14(4)24-16/h11,13H,5-10,12H2,1-4H3,(H,19,22). The summed E-state index contributed by atoms with van der Waals surface area (Å²) in [4.78, 5) is 30.7. The average molecular weight is 352 g/mol. The van der Waals surface area contributed by atoms with Crippen LogP contribution in [0.15, 0.2) is 6.07 Å². The predicted molar refractivity (Wildman–Crippen MR) is 98.7 cm³/mol. The SMILES string of the molecule is CCc1cc(C(=O)N2CCN(CC(=O)NC(C)CC)CC2)sc1C. The van der Waals surface area contributed by atoms with Gasteiger partial charge in [-0.25, -0.2) is 0 Å². The molecule has 24 heavy (non-hydrogen) atoms. The van der Waals surface area contributed by atoms with Crippen molar-refractivity contribution in [2.45, 2.75) is 46.6 Å². The number of nitrogens with one attached hydrogen (secondary N) is 1. The molecule has 5 nitrogen and oxygen atoms in total. The maximum atomic E-state index is 12.6. The van der Waals surface area contributed by atoms with Crippen molar-refractivity contribution in [3.05, 3.63) is 21.4 Å². The molecular weight excluding hydrogens is 322 g/mol. The molecule has 1 aromatic heterocycles. The number of rotatable bonds is 6. The number of thiophene rings is 1. The molecule has 1 N–H and O–H groups in total. The Morgan fingerprint density at radius 2 is 1.92 bits per heavy atom. The molecule has 0 aromatic carbocycles. The molecule has 1 fully saturated rings. The van der Waals surface area contributed by atoms with Gasteiger partial charge < -0.3 is 10.2 Å². The summed E-state index contributed by atoms with van der Waals surface area (Å²) >= 11 is 1.59. The minimum Gasteiger partial charge on any atom is -0.353 e. The third-order valence-electron chi connectivity index (χ3n) is 4.66. The van der Waals surface area contributed by atoms with Crippen LogP contribution in [0.25, 0.3) is 0 Å². The summed E-state index contributed by atoms with van der Waals surface area (Å²) in [5.41, 5.74) is 1.27. The van der Waals surface area contributed by atoms with Gasteiger partial charge in [0.05, 0.1) is 11.4 Å². The molecule has 2 amide bonds. The van der Waals surface area contributed by atoms with Crippen LogP contribution in [0, 0.1) is 6.92 Å². The number of piperazine rings is 1. The van der Waals surface area contributed by atoms with Crippen LogP contribution in [0.1, 0.15) is 47.3 Å². The Bertz CT molecular complexity index is 577. The Morgan fingerprint density at radius 1 is 1.25 bits per heavy atom. The lowest BCUT2D eigenvalue weighted by molar-refractivity contribution is -0.123. The number of nitrogens with zero attached hydrogens (tertiary/aromatic N) is 2. The van der Waals surface area contributed by atoms with Gasteiger partial charge in [-0.2, -0.15) is 0 Å². The second-order valence-electron chi connectivity index (χ2n) is 6.49. The van der Waals surface area contributed by atoms with Crippen molar-refractivity contribution < 1.29 is 9.59 Å². The number of hydrogen-bond acceptors (Lipinski definition) is 4. The fourth-order valence-corrected chi connectivity index (χ4v) is 3.95. The van der Waals surface area contributed by atoms with Crippen LogP contribution in [-0.2, 0) is 11.2 Å². The van der Waals surface area contributed by atoms with Crippen LogP contribution >= 0.6 is 11.3 Å². The van der Waals surface area contributed by atoms with E-state index in [4.69, 9.17) is 0 Å². The Labute approximate surface area is 149 Å². The zero-order chi connectivity index (χ0) is 17.7. The summed E-state index contributed by atoms with van der Waals surface area (Å²) in [6, 6.07) is 2.25. The minimum atomic E-state index is 0.0746. The highest BCUT2D eigenvalue weighted by Crippen LogP contribution is 2.23. The number of carbonyl (C=O) groups is 2. The van der Waals surface area contributed by atoms with E-state index >= 15 is 0 Å². The molecule has 1 aromatic rings. The Balaban J connectivity index is 1.83. The van der Waals surface area contributed by atoms with Crippen LogP contribution in [0.4, 0.5) is 0 Å². The lowest BCUT2D eigenvalue weighted by atomic mass is 10.2. The maximum absolute atomic E-state index is 12.6. The molecule has 1 atom stereocenters. The van der Waals surface area contributed by atoms with Gasteiger partial charge in [0.1, 0.15) is 0 Å². The van der Waals surface area contributed by atoms with Crippen molar-refractivity contribution in [1.29, 1.82) is 0 Å². The van der Waals surface area contributed by atoms with Crippen LogP contribution in [0.5, 0.6) is 0 Å². The first-order valence-corrected chi connectivity index (χ1v) is 9.66. The first kappa shape index (κ1) is 18.9. The molecule has 0 saturated carbocycles. The molecule has 2 rings (SSSR count). The van der Waals surface area contributed by atoms with Crippen molar-refractivity contribution in [3.8, 4) is 0 Å². The minimum absolute atomic E-state index is 0.0746. The number of amides is 2. The molecule has 1 saturated heterocycles. The summed E-state index contributed by atoms with van der Waals surface area (Å²) in [6.45, 7) is 11.6. The van der Waals surface area contributed by atoms with Crippen molar-refractivity contribution in [3.63, 3.8) is 0 Å². The van der Waals surface area contributed by atoms with Gasteiger partial charge in [0.25, 0.3) is 5.91 Å². The zero-order valence-corrected chi connectivity index (χ0v) is 16.0. The maximum Gasteiger partial charge on any atom is 0.264 e. The Kier molecular flexibility index (Phi) is 6.80. The third kappa shape index (κ3) is 4.80. The summed E-state index contributed by atoms with van der Waals surface area (Å²) in [5, 5.41) is 2.99. The van der Waals surface area contributed by atoms with E-state index in [1.807, 2.05) is 17.9 Å². The summed E-state index contributed by atoms with van der Waals surface area (Å²) < 4.78 is 0. The zero-order valence-electron chi connectivity index (χ0n) is 15.2. The fraction of sp³-hybridized carbons (Fsp3) is 0.667. The smallest absolute Gasteiger partial charge is 0.264 e. The molecule has 2 heterocycles. The van der Waals surface area contributed by atoms with Gasteiger partial charge in [-0.05, 0) is 38.3 Å². The van der Waals surface area contributed by atoms with E-state index in [-0.39, 0.29) is 17.9 Å². The number of aryl methyl sites for hydroxylation is 2. The van der Waals surface area contributed by atoms with Crippen molar-refractivity contribution in [2.75, 3.05) is 32.7 Å². The van der Waals surface area contributed by atoms with E-state index in [0.29, 0.717) is 19.6 Å². The molecule has 134 valence electrons. The Morgan fingerprint density at radius 3 is 2.46 bits per heavy atom. The highest BCUT2D eigenvalue weighted by molar-refractivity contribution is 7.14. The van der Waals surface area contributed by atoms with Gasteiger partial charge in [0.15, 0.2) is 0 Å². The normalized spacial score (nSPS) is 16.9. The molecule has 0 radical (unpaired) electrons. The largest absolute Gasteiger partial charge is 0.353 e. The first-order valence-electron chi connectivity index (χ1n) is 8.84. The summed E-state index contributed by atoms with van der Waals surface area (Å²) in [5.74, 6) is 0.206. The van der Waals surface area contributed by atoms with Crippen LogP contribution in [0.2, 0.25) is 0 Å². The van der Waals surface area contributed by atoms with E-state index in [9.17, 15) is 9.59 Å². The van der Waals surface area contributed by atoms with E-state index < -0.39 is 0 Å². The van der Waals surface area contributed by atoms with Gasteiger partial charge in [-0.3, -0.25) is 14.5 Å². The molecule has 0 spiro atoms. The van der Waals surface area contributed by atoms with Crippen molar-refractivity contribution in [1.82, 2.24) is 15.1 Å². The fourth-order valence-electron chi connectivity index (χ4n) is 2.87. The Hall–Kier alpha value is -1.40. The van der Waals surface area contributed by atoms with Crippen molar-refractivity contribution >= 4 is 23.2 Å². The molecule has 1 aliphatic heterocycles. The molecule has 1 unspecified atom stereocenters. The summed E-state index contributed by atoms with van der Waals surface area (Å²) in [6.07, 6.45) is 1.91. The molecular formula is C18H29N3O2S. The lowest BCUT2D eigenvalue weighted by Crippen LogP contribution is -2.51. The molecule has 0 aliphatic carbocycles. The van der Waals surface area contributed by atoms with Crippen LogP contribution in [-0.4, -0.2) is 60.4 Å². The van der Waals surface area contributed by atoms with Gasteiger partial charge in [0.2, 0.25) is 5.91 Å². The van der Waals surface area contributed by atoms with Gasteiger partial charge in [0, 0.05) is 37.1 Å². The molecule has 6 heteroatoms. The van der Waals surface area contributed by atoms with Crippen molar-refractivity contribution in [2.24, 2.45) is 0 Å². The second-order valence-corrected chi connectivity index (χ2v) is 7.75. The highest BCUT2D eigenvalue weighted by Gasteiger charge is 2.24. The van der Waals surface area contributed by atoms with Crippen LogP contribution < -0.4 is 5.32 Å². The van der Waals surface area contributed by atoms with E-state index in [0.717, 1.165) is 30.8 Å². The third-order valence-corrected chi connectivity index (χ3v) is 5.74. The predicted octanol–water partition coefficient (Wildman–Crippen LogP) is 2.29. The average Bonchev–Trinajstić information content (AvgIpc) is 2.95. The van der Waals surface area contributed by atoms with E-state index in [1.54, 1.807) is 11.3 Å². The monoisotopic (exact) mass is 351 g/mol. The van der Waals surface area contributed by atoms with Gasteiger partial charge >= 0.3 is 0 Å². The van der Waals surface area contributed by atoms with Gasteiger partial charge in [-0.1, -0.05) is 13.8 Å². The lowest BCUT2D eigenvalue weighted by Gasteiger charge is -2.34. The molecule has 1 aliphatic rings. The first-order chi connectivity index (χ1) is 11.4.